The third-order valence-corrected chi connectivity index (χ3v) is 8.72. The highest BCUT2D eigenvalue weighted by Crippen LogP contribution is 2.34. The number of fused-ring (bicyclic) bond motifs is 1. The fourth-order valence-corrected chi connectivity index (χ4v) is 6.42. The number of ketones is 1. The molecule has 1 N–H and O–H groups in total. The minimum atomic E-state index is -0.795. The molecule has 0 radical (unpaired) electrons. The van der Waals surface area contributed by atoms with Crippen LogP contribution < -0.4 is 5.32 Å². The van der Waals surface area contributed by atoms with Crippen LogP contribution in [0.5, 0.6) is 0 Å². The molecule has 5 rings (SSSR count). The molecule has 0 unspecified atom stereocenters. The summed E-state index contributed by atoms with van der Waals surface area (Å²) in [6.07, 6.45) is 6.12. The average Bonchev–Trinajstić information content (AvgIpc) is 3.43. The van der Waals surface area contributed by atoms with E-state index < -0.39 is 24.2 Å². The van der Waals surface area contributed by atoms with Crippen molar-refractivity contribution in [3.05, 3.63) is 45.8 Å². The number of carbonyl (C=O) groups excluding carboxylic acids is 3. The van der Waals surface area contributed by atoms with Crippen molar-refractivity contribution in [1.82, 2.24) is 15.1 Å². The van der Waals surface area contributed by atoms with Gasteiger partial charge in [-0.05, 0) is 80.3 Å². The van der Waals surface area contributed by atoms with E-state index in [1.54, 1.807) is 0 Å². The lowest BCUT2D eigenvalue weighted by molar-refractivity contribution is -0.138. The SMILES string of the molecule is CC(C)C[C@H](NC(=O)c1ccc(C2CCN(C3CCC3)CC2)cc1)C(=O)N1C[C@@H](N=[N+]=[N-])[C@H]2OCC(=O)[C@H]21. The van der Waals surface area contributed by atoms with Crippen molar-refractivity contribution in [3.8, 4) is 0 Å². The third kappa shape index (κ3) is 5.44. The van der Waals surface area contributed by atoms with Gasteiger partial charge in [-0.2, -0.15) is 0 Å². The van der Waals surface area contributed by atoms with Crippen LogP contribution in [0.25, 0.3) is 10.4 Å². The number of amides is 2. The number of hydrogen-bond acceptors (Lipinski definition) is 6. The van der Waals surface area contributed by atoms with E-state index in [0.717, 1.165) is 32.0 Å². The molecule has 2 amide bonds. The average molecular weight is 523 g/mol. The van der Waals surface area contributed by atoms with Gasteiger partial charge in [0.25, 0.3) is 5.91 Å². The fraction of sp³-hybridized carbons (Fsp3) is 0.679. The van der Waals surface area contributed by atoms with Crippen LogP contribution in [-0.4, -0.2) is 83.9 Å². The standard InChI is InChI=1S/C28H38N6O4/c1-17(2)14-22(28(37)34-15-23(31-32-29)26-25(34)24(35)16-38-26)30-27(36)20-8-6-18(7-9-20)19-10-12-33(13-11-19)21-4-3-5-21/h6-9,17,19,21-23,25-26H,3-5,10-16H2,1-2H3,(H,30,36)/t22-,23+,25+,26+/m0/s1. The Morgan fingerprint density at radius 3 is 2.47 bits per heavy atom. The van der Waals surface area contributed by atoms with E-state index in [2.05, 4.69) is 20.2 Å². The smallest absolute Gasteiger partial charge is 0.251 e. The molecule has 204 valence electrons. The van der Waals surface area contributed by atoms with E-state index in [-0.39, 0.29) is 36.7 Å². The molecule has 10 heteroatoms. The number of nitrogens with one attached hydrogen (secondary N) is 1. The second-order valence-corrected chi connectivity index (χ2v) is 11.6. The minimum absolute atomic E-state index is 0.0999. The van der Waals surface area contributed by atoms with Gasteiger partial charge in [-0.3, -0.25) is 14.4 Å². The maximum atomic E-state index is 13.6. The van der Waals surface area contributed by atoms with E-state index in [1.807, 2.05) is 38.1 Å². The number of nitrogens with zero attached hydrogens (tertiary/aromatic N) is 5. The number of carbonyl (C=O) groups is 3. The molecule has 4 aliphatic rings. The zero-order valence-electron chi connectivity index (χ0n) is 22.3. The summed E-state index contributed by atoms with van der Waals surface area (Å²) in [7, 11) is 0. The van der Waals surface area contributed by atoms with Crippen LogP contribution in [0.15, 0.2) is 29.4 Å². The molecule has 38 heavy (non-hydrogen) atoms. The monoisotopic (exact) mass is 522 g/mol. The molecular formula is C28H38N6O4. The summed E-state index contributed by atoms with van der Waals surface area (Å²) in [6.45, 7) is 6.24. The molecule has 1 aromatic carbocycles. The molecule has 0 aromatic heterocycles. The molecule has 0 bridgehead atoms. The Labute approximate surface area is 223 Å². The number of ether oxygens (including phenoxy) is 1. The summed E-state index contributed by atoms with van der Waals surface area (Å²) < 4.78 is 5.53. The van der Waals surface area contributed by atoms with Crippen LogP contribution in [0.3, 0.4) is 0 Å². The van der Waals surface area contributed by atoms with Gasteiger partial charge >= 0.3 is 0 Å². The number of benzene rings is 1. The maximum absolute atomic E-state index is 13.6. The summed E-state index contributed by atoms with van der Waals surface area (Å²) in [4.78, 5) is 46.3. The van der Waals surface area contributed by atoms with E-state index in [9.17, 15) is 14.4 Å². The van der Waals surface area contributed by atoms with Crippen LogP contribution in [0.4, 0.5) is 0 Å². The van der Waals surface area contributed by atoms with Crippen molar-refractivity contribution < 1.29 is 19.1 Å². The number of hydrogen-bond donors (Lipinski definition) is 1. The summed E-state index contributed by atoms with van der Waals surface area (Å²) in [6, 6.07) is 6.37. The van der Waals surface area contributed by atoms with E-state index in [0.29, 0.717) is 17.9 Å². The molecule has 1 aliphatic carbocycles. The Morgan fingerprint density at radius 1 is 1.16 bits per heavy atom. The Balaban J connectivity index is 1.23. The minimum Gasteiger partial charge on any atom is -0.367 e. The van der Waals surface area contributed by atoms with Gasteiger partial charge in [-0.15, -0.1) is 0 Å². The number of azide groups is 1. The van der Waals surface area contributed by atoms with E-state index in [4.69, 9.17) is 10.3 Å². The first-order valence-electron chi connectivity index (χ1n) is 14.0. The lowest BCUT2D eigenvalue weighted by atomic mass is 9.85. The molecule has 3 aliphatic heterocycles. The van der Waals surface area contributed by atoms with Gasteiger partial charge in [-0.25, -0.2) is 0 Å². The van der Waals surface area contributed by atoms with Gasteiger partial charge in [0.15, 0.2) is 5.78 Å². The Bertz CT molecular complexity index is 1090. The molecule has 0 spiro atoms. The highest BCUT2D eigenvalue weighted by molar-refractivity contribution is 5.99. The van der Waals surface area contributed by atoms with Gasteiger partial charge in [0.1, 0.15) is 18.7 Å². The molecule has 1 saturated carbocycles. The normalized spacial score (nSPS) is 27.1. The first kappa shape index (κ1) is 26.7. The Kier molecular flexibility index (Phi) is 8.02. The van der Waals surface area contributed by atoms with Gasteiger partial charge in [0.2, 0.25) is 5.91 Å². The van der Waals surface area contributed by atoms with Crippen LogP contribution in [0.2, 0.25) is 0 Å². The highest BCUT2D eigenvalue weighted by atomic mass is 16.5. The van der Waals surface area contributed by atoms with Crippen molar-refractivity contribution in [3.63, 3.8) is 0 Å². The summed E-state index contributed by atoms with van der Waals surface area (Å²) in [5.74, 6) is -0.211. The third-order valence-electron chi connectivity index (χ3n) is 8.72. The second-order valence-electron chi connectivity index (χ2n) is 11.6. The number of rotatable bonds is 8. The molecule has 10 nitrogen and oxygen atoms in total. The van der Waals surface area contributed by atoms with Crippen molar-refractivity contribution in [1.29, 1.82) is 0 Å². The Hall–Kier alpha value is -2.94. The first-order valence-corrected chi connectivity index (χ1v) is 14.0. The predicted octanol–water partition coefficient (Wildman–Crippen LogP) is 3.42. The maximum Gasteiger partial charge on any atom is 0.251 e. The van der Waals surface area contributed by atoms with E-state index in [1.165, 1.54) is 29.7 Å². The van der Waals surface area contributed by atoms with Crippen LogP contribution in [-0.2, 0) is 14.3 Å². The summed E-state index contributed by atoms with van der Waals surface area (Å²) in [5.41, 5.74) is 10.7. The Morgan fingerprint density at radius 2 is 1.87 bits per heavy atom. The largest absolute Gasteiger partial charge is 0.367 e. The van der Waals surface area contributed by atoms with Crippen molar-refractivity contribution in [2.24, 2.45) is 11.0 Å². The summed E-state index contributed by atoms with van der Waals surface area (Å²) in [5, 5.41) is 6.67. The zero-order valence-corrected chi connectivity index (χ0v) is 22.3. The molecule has 4 fully saturated rings. The number of piperidine rings is 1. The quantitative estimate of drug-likeness (QED) is 0.318. The highest BCUT2D eigenvalue weighted by Gasteiger charge is 2.53. The zero-order chi connectivity index (χ0) is 26.8. The van der Waals surface area contributed by atoms with Crippen LogP contribution in [0, 0.1) is 5.92 Å². The fourth-order valence-electron chi connectivity index (χ4n) is 6.42. The molecule has 3 saturated heterocycles. The summed E-state index contributed by atoms with van der Waals surface area (Å²) >= 11 is 0. The molecule has 3 heterocycles. The predicted molar refractivity (Wildman–Crippen MR) is 142 cm³/mol. The van der Waals surface area contributed by atoms with Gasteiger partial charge in [0.05, 0.1) is 12.1 Å². The van der Waals surface area contributed by atoms with Crippen molar-refractivity contribution in [2.75, 3.05) is 26.2 Å². The van der Waals surface area contributed by atoms with Crippen molar-refractivity contribution >= 4 is 17.6 Å². The molecule has 4 atom stereocenters. The lowest BCUT2D eigenvalue weighted by Crippen LogP contribution is -2.52. The van der Waals surface area contributed by atoms with Gasteiger partial charge in [-0.1, -0.05) is 37.5 Å². The molecular weight excluding hydrogens is 484 g/mol. The topological polar surface area (TPSA) is 128 Å². The second kappa shape index (κ2) is 11.4. The van der Waals surface area contributed by atoms with Crippen LogP contribution >= 0.6 is 0 Å². The van der Waals surface area contributed by atoms with Gasteiger partial charge < -0.3 is 19.9 Å². The van der Waals surface area contributed by atoms with E-state index >= 15 is 0 Å². The molecule has 1 aromatic rings. The first-order chi connectivity index (χ1) is 18.4. The number of Topliss-reactive ketones (excluding diaryl/α,β-unsaturated/α-hetero) is 1. The lowest BCUT2D eigenvalue weighted by Gasteiger charge is -2.42. The number of likely N-dealkylation sites (tertiary alicyclic amines) is 2. The van der Waals surface area contributed by atoms with Crippen molar-refractivity contribution in [2.45, 2.75) is 88.6 Å². The van der Waals surface area contributed by atoms with Gasteiger partial charge in [0, 0.05) is 23.1 Å². The van der Waals surface area contributed by atoms with Crippen LogP contribution in [0.1, 0.15) is 74.2 Å².